The second-order valence-electron chi connectivity index (χ2n) is 7.10. The Morgan fingerprint density at radius 2 is 1.81 bits per heavy atom. The molecule has 0 aliphatic carbocycles. The Bertz CT molecular complexity index is 462. The summed E-state index contributed by atoms with van der Waals surface area (Å²) in [6, 6.07) is 4.60. The van der Waals surface area contributed by atoms with Gasteiger partial charge in [0.05, 0.1) is 0 Å². The molecule has 2 atom stereocenters. The van der Waals surface area contributed by atoms with Gasteiger partial charge in [-0.05, 0) is 29.5 Å². The van der Waals surface area contributed by atoms with Crippen LogP contribution in [0.4, 0.5) is 8.78 Å². The number of nitrogens with one attached hydrogen (secondary N) is 1. The number of rotatable bonds is 3. The van der Waals surface area contributed by atoms with E-state index in [0.717, 1.165) is 25.6 Å². The minimum absolute atomic E-state index is 0.123. The predicted octanol–water partition coefficient (Wildman–Crippen LogP) is 3.56. The summed E-state index contributed by atoms with van der Waals surface area (Å²) < 4.78 is 26.8. The first-order valence-electron chi connectivity index (χ1n) is 7.72. The maximum absolute atomic E-state index is 13.4. The Kier molecular flexibility index (Phi) is 4.99. The number of benzene rings is 1. The third kappa shape index (κ3) is 4.24. The largest absolute Gasteiger partial charge is 0.311 e. The van der Waals surface area contributed by atoms with E-state index in [4.69, 9.17) is 0 Å². The number of piperazine rings is 1. The Morgan fingerprint density at radius 3 is 2.33 bits per heavy atom. The van der Waals surface area contributed by atoms with Gasteiger partial charge in [0.2, 0.25) is 0 Å². The molecule has 1 aromatic carbocycles. The molecule has 0 saturated carbocycles. The molecule has 1 heterocycles. The molecule has 1 N–H and O–H groups in total. The lowest BCUT2D eigenvalue weighted by atomic mass is 9.83. The first kappa shape index (κ1) is 16.4. The van der Waals surface area contributed by atoms with Crippen LogP contribution in [0.25, 0.3) is 0 Å². The van der Waals surface area contributed by atoms with E-state index < -0.39 is 11.6 Å². The molecule has 1 saturated heterocycles. The van der Waals surface area contributed by atoms with Gasteiger partial charge < -0.3 is 5.32 Å². The average molecular weight is 296 g/mol. The van der Waals surface area contributed by atoms with Gasteiger partial charge in [-0.2, -0.15) is 0 Å². The zero-order chi connectivity index (χ0) is 15.6. The van der Waals surface area contributed by atoms with Gasteiger partial charge in [0.15, 0.2) is 0 Å². The molecule has 0 bridgehead atoms. The summed E-state index contributed by atoms with van der Waals surface area (Å²) in [4.78, 5) is 2.36. The third-order valence-corrected chi connectivity index (χ3v) is 4.30. The van der Waals surface area contributed by atoms with Crippen LogP contribution in [0, 0.1) is 17.0 Å². The van der Waals surface area contributed by atoms with Crippen LogP contribution in [0.15, 0.2) is 18.2 Å². The maximum atomic E-state index is 13.4. The van der Waals surface area contributed by atoms with E-state index in [9.17, 15) is 8.78 Å². The Hall–Kier alpha value is -1.00. The molecule has 1 aromatic rings. The van der Waals surface area contributed by atoms with Gasteiger partial charge in [0, 0.05) is 37.8 Å². The van der Waals surface area contributed by atoms with E-state index in [1.807, 2.05) is 0 Å². The lowest BCUT2D eigenvalue weighted by Crippen LogP contribution is -2.59. The van der Waals surface area contributed by atoms with Crippen LogP contribution in [0.3, 0.4) is 0 Å². The molecule has 2 nitrogen and oxygen atoms in total. The van der Waals surface area contributed by atoms with Crippen molar-refractivity contribution in [3.8, 4) is 0 Å². The third-order valence-electron chi connectivity index (χ3n) is 4.30. The summed E-state index contributed by atoms with van der Waals surface area (Å²) in [7, 11) is 0. The molecule has 1 fully saturated rings. The Morgan fingerprint density at radius 1 is 1.19 bits per heavy atom. The van der Waals surface area contributed by atoms with Crippen molar-refractivity contribution >= 4 is 0 Å². The van der Waals surface area contributed by atoms with E-state index in [1.54, 1.807) is 0 Å². The van der Waals surface area contributed by atoms with Crippen LogP contribution < -0.4 is 5.32 Å². The topological polar surface area (TPSA) is 15.3 Å². The molecule has 4 heteroatoms. The maximum Gasteiger partial charge on any atom is 0.126 e. The monoisotopic (exact) mass is 296 g/mol. The van der Waals surface area contributed by atoms with Crippen molar-refractivity contribution in [2.24, 2.45) is 5.41 Å². The highest BCUT2D eigenvalue weighted by molar-refractivity contribution is 5.18. The molecule has 1 aliphatic heterocycles. The first-order valence-corrected chi connectivity index (χ1v) is 7.72. The van der Waals surface area contributed by atoms with E-state index in [-0.39, 0.29) is 5.41 Å². The van der Waals surface area contributed by atoms with Gasteiger partial charge in [-0.1, -0.05) is 27.7 Å². The van der Waals surface area contributed by atoms with Crippen LogP contribution >= 0.6 is 0 Å². The van der Waals surface area contributed by atoms with Crippen molar-refractivity contribution in [1.82, 2.24) is 10.2 Å². The van der Waals surface area contributed by atoms with Gasteiger partial charge in [-0.15, -0.1) is 0 Å². The quantitative estimate of drug-likeness (QED) is 0.917. The summed E-state index contributed by atoms with van der Waals surface area (Å²) in [5.41, 5.74) is 0.830. The molecule has 21 heavy (non-hydrogen) atoms. The van der Waals surface area contributed by atoms with Crippen LogP contribution in [0.2, 0.25) is 0 Å². The molecule has 2 unspecified atom stereocenters. The number of nitrogens with zero attached hydrogens (tertiary/aromatic N) is 1. The lowest BCUT2D eigenvalue weighted by Gasteiger charge is -2.46. The summed E-state index contributed by atoms with van der Waals surface area (Å²) >= 11 is 0. The smallest absolute Gasteiger partial charge is 0.126 e. The van der Waals surface area contributed by atoms with E-state index in [1.165, 1.54) is 12.1 Å². The van der Waals surface area contributed by atoms with Crippen molar-refractivity contribution < 1.29 is 8.78 Å². The summed E-state index contributed by atoms with van der Waals surface area (Å²) in [6.45, 7) is 11.2. The highest BCUT2D eigenvalue weighted by Gasteiger charge is 2.34. The second kappa shape index (κ2) is 6.41. The Balaban J connectivity index is 2.19. The first-order chi connectivity index (χ1) is 9.79. The molecule has 0 radical (unpaired) electrons. The van der Waals surface area contributed by atoms with E-state index >= 15 is 0 Å². The van der Waals surface area contributed by atoms with Crippen LogP contribution in [0.5, 0.6) is 0 Å². The van der Waals surface area contributed by atoms with Gasteiger partial charge >= 0.3 is 0 Å². The predicted molar refractivity (Wildman–Crippen MR) is 82.1 cm³/mol. The highest BCUT2D eigenvalue weighted by Crippen LogP contribution is 2.28. The fraction of sp³-hybridized carbons (Fsp3) is 0.647. The highest BCUT2D eigenvalue weighted by atomic mass is 19.1. The fourth-order valence-corrected chi connectivity index (χ4v) is 3.12. The molecule has 0 amide bonds. The second-order valence-corrected chi connectivity index (χ2v) is 7.10. The van der Waals surface area contributed by atoms with Crippen molar-refractivity contribution in [2.75, 3.05) is 13.1 Å². The molecule has 2 rings (SSSR count). The molecular formula is C17H26F2N2. The summed E-state index contributed by atoms with van der Waals surface area (Å²) in [6.07, 6.45) is 1.06. The Labute approximate surface area is 126 Å². The lowest BCUT2D eigenvalue weighted by molar-refractivity contribution is 0.0484. The van der Waals surface area contributed by atoms with Crippen molar-refractivity contribution in [3.05, 3.63) is 35.4 Å². The normalized spacial score (nSPS) is 24.3. The summed E-state index contributed by atoms with van der Waals surface area (Å²) in [5, 5.41) is 3.57. The zero-order valence-electron chi connectivity index (χ0n) is 13.4. The standard InChI is InChI=1S/C17H26F2N2/c1-5-15-11-21(16(9-20-15)17(2,3)4)10-12-6-13(18)8-14(19)7-12/h6-8,15-16,20H,5,9-11H2,1-4H3. The number of hydrogen-bond donors (Lipinski definition) is 1. The zero-order valence-corrected chi connectivity index (χ0v) is 13.4. The summed E-state index contributed by atoms with van der Waals surface area (Å²) in [5.74, 6) is -1.00. The van der Waals surface area contributed by atoms with E-state index in [0.29, 0.717) is 24.2 Å². The molecule has 118 valence electrons. The van der Waals surface area contributed by atoms with Crippen molar-refractivity contribution in [3.63, 3.8) is 0 Å². The van der Waals surface area contributed by atoms with Crippen molar-refractivity contribution in [2.45, 2.75) is 52.7 Å². The molecular weight excluding hydrogens is 270 g/mol. The van der Waals surface area contributed by atoms with Gasteiger partial charge in [-0.25, -0.2) is 8.78 Å². The minimum atomic E-state index is -0.500. The van der Waals surface area contributed by atoms with Crippen LogP contribution in [0.1, 0.15) is 39.7 Å². The van der Waals surface area contributed by atoms with Gasteiger partial charge in [-0.3, -0.25) is 4.90 Å². The van der Waals surface area contributed by atoms with Gasteiger partial charge in [0.1, 0.15) is 11.6 Å². The van der Waals surface area contributed by atoms with Crippen LogP contribution in [-0.2, 0) is 6.54 Å². The van der Waals surface area contributed by atoms with E-state index in [2.05, 4.69) is 37.9 Å². The number of hydrogen-bond acceptors (Lipinski definition) is 2. The SMILES string of the molecule is CCC1CN(Cc2cc(F)cc(F)c2)C(C(C)(C)C)CN1. The molecule has 0 spiro atoms. The minimum Gasteiger partial charge on any atom is -0.311 e. The van der Waals surface area contributed by atoms with Crippen molar-refractivity contribution in [1.29, 1.82) is 0 Å². The number of halogens is 2. The molecule has 1 aliphatic rings. The average Bonchev–Trinajstić information content (AvgIpc) is 2.36. The van der Waals surface area contributed by atoms with Gasteiger partial charge in [0.25, 0.3) is 0 Å². The molecule has 0 aromatic heterocycles. The fourth-order valence-electron chi connectivity index (χ4n) is 3.12. The van der Waals surface area contributed by atoms with Crippen LogP contribution in [-0.4, -0.2) is 30.1 Å².